The summed E-state index contributed by atoms with van der Waals surface area (Å²) < 4.78 is 28.3. The van der Waals surface area contributed by atoms with Crippen LogP contribution in [0.2, 0.25) is 0 Å². The molecule has 0 spiro atoms. The summed E-state index contributed by atoms with van der Waals surface area (Å²) >= 11 is 0. The number of fused-ring (bicyclic) bond motifs is 3. The fourth-order valence-electron chi connectivity index (χ4n) is 4.78. The summed E-state index contributed by atoms with van der Waals surface area (Å²) in [5, 5.41) is 23.4. The molecule has 3 N–H and O–H groups in total. The monoisotopic (exact) mass is 501 g/mol. The van der Waals surface area contributed by atoms with E-state index in [1.165, 1.54) is 34.3 Å². The molecule has 4 rings (SSSR count). The van der Waals surface area contributed by atoms with E-state index in [0.29, 0.717) is 41.7 Å². The lowest BCUT2D eigenvalue weighted by Gasteiger charge is -2.32. The van der Waals surface area contributed by atoms with Crippen molar-refractivity contribution >= 4 is 5.91 Å². The van der Waals surface area contributed by atoms with Gasteiger partial charge in [0, 0.05) is 12.5 Å². The van der Waals surface area contributed by atoms with E-state index < -0.39 is 24.5 Å². The van der Waals surface area contributed by atoms with Crippen LogP contribution < -0.4 is 29.7 Å². The zero-order chi connectivity index (χ0) is 26.0. The first-order valence-electron chi connectivity index (χ1n) is 11.7. The number of hydrogen-bond donors (Lipinski definition) is 3. The molecule has 1 aliphatic carbocycles. The van der Waals surface area contributed by atoms with E-state index in [1.54, 1.807) is 18.2 Å². The van der Waals surface area contributed by atoms with E-state index >= 15 is 0 Å². The van der Waals surface area contributed by atoms with Gasteiger partial charge in [0.25, 0.3) is 0 Å². The summed E-state index contributed by atoms with van der Waals surface area (Å²) in [4.78, 5) is 24.8. The smallest absolute Gasteiger partial charge is 0.228 e. The summed E-state index contributed by atoms with van der Waals surface area (Å²) in [5.74, 6) is 0.834. The number of nitrogens with one attached hydrogen (secondary N) is 1. The van der Waals surface area contributed by atoms with Crippen LogP contribution in [0.3, 0.4) is 0 Å². The SMILES string of the molecule is COc1c(OC2OCCC(O)C2O)cc2c(c1OC)-c1ccc(OC)c(=O)cc1C(NC(C)=O)CC2. The minimum Gasteiger partial charge on any atom is -0.493 e. The maximum absolute atomic E-state index is 12.8. The van der Waals surface area contributed by atoms with Gasteiger partial charge in [0.15, 0.2) is 17.2 Å². The van der Waals surface area contributed by atoms with Gasteiger partial charge in [-0.15, -0.1) is 0 Å². The number of carbonyl (C=O) groups is 1. The van der Waals surface area contributed by atoms with E-state index in [1.807, 2.05) is 0 Å². The van der Waals surface area contributed by atoms with Crippen LogP contribution >= 0.6 is 0 Å². The average molecular weight is 502 g/mol. The van der Waals surface area contributed by atoms with Gasteiger partial charge < -0.3 is 39.2 Å². The van der Waals surface area contributed by atoms with E-state index in [2.05, 4.69) is 5.32 Å². The molecule has 4 atom stereocenters. The second-order valence-electron chi connectivity index (χ2n) is 8.75. The van der Waals surface area contributed by atoms with Gasteiger partial charge in [0.05, 0.1) is 40.1 Å². The van der Waals surface area contributed by atoms with Gasteiger partial charge >= 0.3 is 0 Å². The van der Waals surface area contributed by atoms with Crippen molar-refractivity contribution in [1.82, 2.24) is 5.32 Å². The molecule has 10 heteroatoms. The molecule has 10 nitrogen and oxygen atoms in total. The highest BCUT2D eigenvalue weighted by Crippen LogP contribution is 2.50. The number of aliphatic hydroxyl groups excluding tert-OH is 2. The molecule has 194 valence electrons. The first-order valence-corrected chi connectivity index (χ1v) is 11.7. The van der Waals surface area contributed by atoms with Crippen LogP contribution in [0.5, 0.6) is 23.0 Å². The van der Waals surface area contributed by atoms with Crippen LogP contribution in [0.25, 0.3) is 11.1 Å². The number of carbonyl (C=O) groups excluding carboxylic acids is 1. The second-order valence-corrected chi connectivity index (χ2v) is 8.75. The second kappa shape index (κ2) is 10.7. The molecular formula is C26H31NO9. The highest BCUT2D eigenvalue weighted by molar-refractivity contribution is 5.83. The van der Waals surface area contributed by atoms with Gasteiger partial charge in [-0.25, -0.2) is 0 Å². The Morgan fingerprint density at radius 2 is 1.78 bits per heavy atom. The fourth-order valence-corrected chi connectivity index (χ4v) is 4.78. The molecule has 0 radical (unpaired) electrons. The number of amides is 1. The number of aryl methyl sites for hydroxylation is 1. The van der Waals surface area contributed by atoms with Gasteiger partial charge in [-0.05, 0) is 54.2 Å². The zero-order valence-corrected chi connectivity index (χ0v) is 20.7. The third kappa shape index (κ3) is 4.84. The van der Waals surface area contributed by atoms with Crippen molar-refractivity contribution in [1.29, 1.82) is 0 Å². The normalized spacial score (nSPS) is 22.9. The molecule has 1 heterocycles. The van der Waals surface area contributed by atoms with Gasteiger partial charge in [0.1, 0.15) is 6.10 Å². The molecule has 0 saturated carbocycles. The fraction of sp³-hybridized carbons (Fsp3) is 0.462. The Bertz CT molecular complexity index is 1200. The minimum atomic E-state index is -1.24. The summed E-state index contributed by atoms with van der Waals surface area (Å²) in [5.41, 5.74) is 2.49. The van der Waals surface area contributed by atoms with Gasteiger partial charge in [-0.3, -0.25) is 9.59 Å². The van der Waals surface area contributed by atoms with E-state index in [4.69, 9.17) is 23.7 Å². The summed E-state index contributed by atoms with van der Waals surface area (Å²) in [6.07, 6.45) is -1.99. The number of aliphatic hydroxyl groups is 2. The van der Waals surface area contributed by atoms with Crippen LogP contribution in [-0.2, 0) is 16.0 Å². The number of ether oxygens (including phenoxy) is 5. The van der Waals surface area contributed by atoms with Crippen molar-refractivity contribution < 1.29 is 38.7 Å². The molecule has 0 bridgehead atoms. The topological polar surface area (TPSA) is 133 Å². The number of methoxy groups -OCH3 is 3. The lowest BCUT2D eigenvalue weighted by molar-refractivity contribution is -0.207. The Morgan fingerprint density at radius 3 is 2.44 bits per heavy atom. The number of rotatable bonds is 6. The number of benzene rings is 1. The van der Waals surface area contributed by atoms with Crippen molar-refractivity contribution in [3.05, 3.63) is 45.6 Å². The summed E-state index contributed by atoms with van der Waals surface area (Å²) in [6, 6.07) is 6.17. The van der Waals surface area contributed by atoms with Crippen molar-refractivity contribution in [2.24, 2.45) is 0 Å². The van der Waals surface area contributed by atoms with E-state index in [0.717, 1.165) is 5.56 Å². The van der Waals surface area contributed by atoms with Crippen LogP contribution in [0, 0.1) is 0 Å². The third-order valence-corrected chi connectivity index (χ3v) is 6.49. The first-order chi connectivity index (χ1) is 17.3. The van der Waals surface area contributed by atoms with Crippen LogP contribution in [0.4, 0.5) is 0 Å². The molecule has 1 amide bonds. The molecule has 4 unspecified atom stereocenters. The Kier molecular flexibility index (Phi) is 7.67. The molecule has 2 aromatic carbocycles. The highest BCUT2D eigenvalue weighted by Gasteiger charge is 2.35. The van der Waals surface area contributed by atoms with Crippen molar-refractivity contribution in [3.63, 3.8) is 0 Å². The standard InChI is InChI=1S/C26H31NO9/c1-13(28)27-17-7-5-14-11-21(36-26-23(31)18(29)9-10-35-26)24(33-3)25(34-4)22(14)15-6-8-20(32-2)19(30)12-16(15)17/h6,8,11-12,17-18,23,26,29,31H,5,7,9-10H2,1-4H3,(H,27,28). The van der Waals surface area contributed by atoms with Crippen LogP contribution in [0.15, 0.2) is 29.1 Å². The zero-order valence-electron chi connectivity index (χ0n) is 20.7. The van der Waals surface area contributed by atoms with Gasteiger partial charge in [-0.2, -0.15) is 0 Å². The lowest BCUT2D eigenvalue weighted by atomic mass is 9.95. The largest absolute Gasteiger partial charge is 0.493 e. The van der Waals surface area contributed by atoms with Crippen LogP contribution in [-0.4, -0.2) is 62.6 Å². The van der Waals surface area contributed by atoms with Crippen LogP contribution in [0.1, 0.15) is 36.9 Å². The molecule has 1 fully saturated rings. The van der Waals surface area contributed by atoms with Crippen molar-refractivity contribution in [2.75, 3.05) is 27.9 Å². The van der Waals surface area contributed by atoms with Gasteiger partial charge in [0.2, 0.25) is 23.4 Å². The van der Waals surface area contributed by atoms with E-state index in [-0.39, 0.29) is 35.2 Å². The average Bonchev–Trinajstić information content (AvgIpc) is 3.09. The Balaban J connectivity index is 1.92. The molecular weight excluding hydrogens is 470 g/mol. The first kappa shape index (κ1) is 25.7. The third-order valence-electron chi connectivity index (χ3n) is 6.49. The summed E-state index contributed by atoms with van der Waals surface area (Å²) in [7, 11) is 4.38. The number of hydrogen-bond acceptors (Lipinski definition) is 9. The molecule has 0 aromatic heterocycles. The quantitative estimate of drug-likeness (QED) is 0.541. The molecule has 1 saturated heterocycles. The highest BCUT2D eigenvalue weighted by atomic mass is 16.7. The predicted molar refractivity (Wildman–Crippen MR) is 130 cm³/mol. The van der Waals surface area contributed by atoms with E-state index in [9.17, 15) is 19.8 Å². The Labute approximate surface area is 208 Å². The maximum atomic E-state index is 12.8. The molecule has 1 aliphatic heterocycles. The molecule has 36 heavy (non-hydrogen) atoms. The minimum absolute atomic E-state index is 0.166. The van der Waals surface area contributed by atoms with Crippen molar-refractivity contribution in [3.8, 4) is 34.1 Å². The predicted octanol–water partition coefficient (Wildman–Crippen LogP) is 1.71. The lowest BCUT2D eigenvalue weighted by Crippen LogP contribution is -2.47. The Hall–Kier alpha value is -3.34. The maximum Gasteiger partial charge on any atom is 0.228 e. The van der Waals surface area contributed by atoms with Gasteiger partial charge in [-0.1, -0.05) is 6.07 Å². The Morgan fingerprint density at radius 1 is 1.03 bits per heavy atom. The van der Waals surface area contributed by atoms with Crippen molar-refractivity contribution in [2.45, 2.75) is 50.7 Å². The molecule has 2 aromatic rings. The summed E-state index contributed by atoms with van der Waals surface area (Å²) in [6.45, 7) is 1.66. The molecule has 2 aliphatic rings.